The van der Waals surface area contributed by atoms with E-state index in [4.69, 9.17) is 16.7 Å². The zero-order valence-corrected chi connectivity index (χ0v) is 12.8. The molecular formula is C15H15ClF3NO3. The van der Waals surface area contributed by atoms with Crippen molar-refractivity contribution in [1.82, 2.24) is 4.90 Å². The molecule has 23 heavy (non-hydrogen) atoms. The number of amides is 1. The maximum atomic E-state index is 12.8. The van der Waals surface area contributed by atoms with Gasteiger partial charge >= 0.3 is 12.1 Å². The lowest BCUT2D eigenvalue weighted by atomic mass is 9.94. The van der Waals surface area contributed by atoms with Crippen molar-refractivity contribution in [1.29, 1.82) is 0 Å². The second-order valence-corrected chi connectivity index (χ2v) is 5.96. The van der Waals surface area contributed by atoms with Crippen LogP contribution in [0, 0.1) is 5.92 Å². The summed E-state index contributed by atoms with van der Waals surface area (Å²) in [5.74, 6) is -1.76. The van der Waals surface area contributed by atoms with E-state index < -0.39 is 23.6 Å². The third-order valence-electron chi connectivity index (χ3n) is 3.79. The van der Waals surface area contributed by atoms with Crippen LogP contribution in [-0.4, -0.2) is 35.0 Å². The first-order valence-corrected chi connectivity index (χ1v) is 7.44. The fourth-order valence-corrected chi connectivity index (χ4v) is 2.90. The number of rotatable bonds is 3. The summed E-state index contributed by atoms with van der Waals surface area (Å²) in [6.45, 7) is 0.583. The summed E-state index contributed by atoms with van der Waals surface area (Å²) in [5, 5.41) is 8.78. The van der Waals surface area contributed by atoms with Crippen molar-refractivity contribution in [2.75, 3.05) is 13.1 Å². The fraction of sp³-hybridized carbons (Fsp3) is 0.467. The quantitative estimate of drug-likeness (QED) is 0.905. The van der Waals surface area contributed by atoms with Gasteiger partial charge in [-0.15, -0.1) is 0 Å². The molecule has 1 N–H and O–H groups in total. The van der Waals surface area contributed by atoms with Gasteiger partial charge in [0.15, 0.2) is 0 Å². The number of piperidine rings is 1. The minimum Gasteiger partial charge on any atom is -0.481 e. The van der Waals surface area contributed by atoms with E-state index in [2.05, 4.69) is 0 Å². The first-order chi connectivity index (χ1) is 10.7. The van der Waals surface area contributed by atoms with Gasteiger partial charge in [0.25, 0.3) is 5.91 Å². The van der Waals surface area contributed by atoms with Crippen molar-refractivity contribution in [3.05, 3.63) is 34.3 Å². The molecule has 1 heterocycles. The van der Waals surface area contributed by atoms with Gasteiger partial charge in [-0.1, -0.05) is 11.6 Å². The molecule has 8 heteroatoms. The molecule has 1 saturated heterocycles. The van der Waals surface area contributed by atoms with E-state index >= 15 is 0 Å². The van der Waals surface area contributed by atoms with Crippen LogP contribution in [-0.2, 0) is 11.0 Å². The van der Waals surface area contributed by atoms with Crippen molar-refractivity contribution >= 4 is 23.5 Å². The minimum atomic E-state index is -4.56. The molecule has 1 amide bonds. The van der Waals surface area contributed by atoms with Crippen LogP contribution >= 0.6 is 11.6 Å². The van der Waals surface area contributed by atoms with Crippen LogP contribution in [0.4, 0.5) is 13.2 Å². The molecule has 1 aromatic rings. The van der Waals surface area contributed by atoms with Crippen molar-refractivity contribution in [3.8, 4) is 0 Å². The molecule has 126 valence electrons. The van der Waals surface area contributed by atoms with Crippen LogP contribution in [0.1, 0.15) is 35.2 Å². The molecule has 1 aromatic carbocycles. The van der Waals surface area contributed by atoms with Crippen LogP contribution in [0.2, 0.25) is 5.02 Å². The Morgan fingerprint density at radius 1 is 1.35 bits per heavy atom. The van der Waals surface area contributed by atoms with E-state index in [1.54, 1.807) is 0 Å². The number of halogens is 4. The number of likely N-dealkylation sites (tertiary alicyclic amines) is 1. The van der Waals surface area contributed by atoms with Gasteiger partial charge in [0.1, 0.15) is 0 Å². The zero-order valence-electron chi connectivity index (χ0n) is 12.1. The average Bonchev–Trinajstić information content (AvgIpc) is 2.45. The summed E-state index contributed by atoms with van der Waals surface area (Å²) >= 11 is 5.87. The number of nitrogens with zero attached hydrogens (tertiary/aromatic N) is 1. The number of carboxylic acids is 1. The summed E-state index contributed by atoms with van der Waals surface area (Å²) in [6, 6.07) is 2.62. The number of alkyl halides is 3. The Balaban J connectivity index is 2.21. The molecule has 0 spiro atoms. The molecule has 1 atom stereocenters. The number of hydrogen-bond donors (Lipinski definition) is 1. The lowest BCUT2D eigenvalue weighted by Crippen LogP contribution is -2.40. The van der Waals surface area contributed by atoms with E-state index in [1.165, 1.54) is 4.90 Å². The molecular weight excluding hydrogens is 335 g/mol. The van der Waals surface area contributed by atoms with Crippen molar-refractivity contribution in [3.63, 3.8) is 0 Å². The highest BCUT2D eigenvalue weighted by Gasteiger charge is 2.33. The van der Waals surface area contributed by atoms with Gasteiger partial charge in [-0.05, 0) is 37.0 Å². The van der Waals surface area contributed by atoms with Crippen molar-refractivity contribution in [2.45, 2.75) is 25.4 Å². The Morgan fingerprint density at radius 3 is 2.65 bits per heavy atom. The second-order valence-electron chi connectivity index (χ2n) is 5.55. The largest absolute Gasteiger partial charge is 0.481 e. The van der Waals surface area contributed by atoms with Crippen LogP contribution in [0.25, 0.3) is 0 Å². The van der Waals surface area contributed by atoms with Crippen LogP contribution in [0.3, 0.4) is 0 Å². The number of carbonyl (C=O) groups is 2. The van der Waals surface area contributed by atoms with Gasteiger partial charge in [0.2, 0.25) is 0 Å². The smallest absolute Gasteiger partial charge is 0.416 e. The van der Waals surface area contributed by atoms with Crippen LogP contribution in [0.5, 0.6) is 0 Å². The third-order valence-corrected chi connectivity index (χ3v) is 4.12. The van der Waals surface area contributed by atoms with Crippen LogP contribution < -0.4 is 0 Å². The van der Waals surface area contributed by atoms with E-state index in [1.807, 2.05) is 0 Å². The number of carboxylic acid groups (broad SMARTS) is 1. The first-order valence-electron chi connectivity index (χ1n) is 7.06. The summed E-state index contributed by atoms with van der Waals surface area (Å²) in [5.41, 5.74) is -1.15. The second kappa shape index (κ2) is 6.78. The average molecular weight is 350 g/mol. The highest BCUT2D eigenvalue weighted by Crippen LogP contribution is 2.32. The lowest BCUT2D eigenvalue weighted by Gasteiger charge is -2.32. The third kappa shape index (κ3) is 4.37. The SMILES string of the molecule is O=C(O)CC1CCCN(C(=O)c2cc(C(F)(F)F)ccc2Cl)C1. The predicted octanol–water partition coefficient (Wildman–Crippen LogP) is 3.69. The number of carbonyl (C=O) groups excluding carboxylic acids is 1. The molecule has 1 unspecified atom stereocenters. The molecule has 0 radical (unpaired) electrons. The fourth-order valence-electron chi connectivity index (χ4n) is 2.70. The normalized spacial score (nSPS) is 18.8. The van der Waals surface area contributed by atoms with E-state index in [9.17, 15) is 22.8 Å². The Morgan fingerprint density at radius 2 is 2.04 bits per heavy atom. The molecule has 0 bridgehead atoms. The standard InChI is InChI=1S/C15H15ClF3NO3/c16-12-4-3-10(15(17,18)19)7-11(12)14(23)20-5-1-2-9(8-20)6-13(21)22/h3-4,7,9H,1-2,5-6,8H2,(H,21,22). The lowest BCUT2D eigenvalue weighted by molar-refractivity contribution is -0.139. The van der Waals surface area contributed by atoms with Crippen LogP contribution in [0.15, 0.2) is 18.2 Å². The summed E-state index contributed by atoms with van der Waals surface area (Å²) in [7, 11) is 0. The zero-order chi connectivity index (χ0) is 17.2. The van der Waals surface area contributed by atoms with E-state index in [0.717, 1.165) is 18.2 Å². The van der Waals surface area contributed by atoms with E-state index in [0.29, 0.717) is 19.4 Å². The van der Waals surface area contributed by atoms with Crippen molar-refractivity contribution in [2.24, 2.45) is 5.92 Å². The van der Waals surface area contributed by atoms with Gasteiger partial charge < -0.3 is 10.0 Å². The molecule has 4 nitrogen and oxygen atoms in total. The molecule has 1 fully saturated rings. The summed E-state index contributed by atoms with van der Waals surface area (Å²) in [4.78, 5) is 24.6. The Kier molecular flexibility index (Phi) is 5.19. The molecule has 0 aromatic heterocycles. The monoisotopic (exact) mass is 349 g/mol. The highest BCUT2D eigenvalue weighted by atomic mass is 35.5. The maximum Gasteiger partial charge on any atom is 0.416 e. The van der Waals surface area contributed by atoms with Gasteiger partial charge in [-0.25, -0.2) is 0 Å². The molecule has 1 aliphatic heterocycles. The maximum absolute atomic E-state index is 12.8. The van der Waals surface area contributed by atoms with Crippen molar-refractivity contribution < 1.29 is 27.9 Å². The molecule has 1 aliphatic rings. The van der Waals surface area contributed by atoms with Gasteiger partial charge in [0, 0.05) is 19.5 Å². The highest BCUT2D eigenvalue weighted by molar-refractivity contribution is 6.33. The summed E-state index contributed by atoms with van der Waals surface area (Å²) in [6.07, 6.45) is -3.35. The van der Waals surface area contributed by atoms with Gasteiger partial charge in [-0.2, -0.15) is 13.2 Å². The number of hydrogen-bond acceptors (Lipinski definition) is 2. The Labute approximate surface area is 135 Å². The molecule has 2 rings (SSSR count). The van der Waals surface area contributed by atoms with Gasteiger partial charge in [-0.3, -0.25) is 9.59 Å². The minimum absolute atomic E-state index is 0.0524. The Bertz CT molecular complexity index is 618. The summed E-state index contributed by atoms with van der Waals surface area (Å²) < 4.78 is 38.3. The number of aliphatic carboxylic acids is 1. The Hall–Kier alpha value is -1.76. The first kappa shape index (κ1) is 17.6. The van der Waals surface area contributed by atoms with Gasteiger partial charge in [0.05, 0.1) is 16.1 Å². The topological polar surface area (TPSA) is 57.6 Å². The van der Waals surface area contributed by atoms with E-state index in [-0.39, 0.29) is 29.5 Å². The molecule has 0 aliphatic carbocycles. The predicted molar refractivity (Wildman–Crippen MR) is 77.3 cm³/mol. The molecule has 0 saturated carbocycles. The number of benzene rings is 1.